The second-order valence-electron chi connectivity index (χ2n) is 4.63. The summed E-state index contributed by atoms with van der Waals surface area (Å²) in [6.45, 7) is 1.82. The Morgan fingerprint density at radius 3 is 3.06 bits per heavy atom. The van der Waals surface area contributed by atoms with E-state index in [2.05, 4.69) is 15.6 Å². The summed E-state index contributed by atoms with van der Waals surface area (Å²) < 4.78 is 23.2. The third-order valence-electron chi connectivity index (χ3n) is 3.12. The van der Waals surface area contributed by atoms with Crippen LogP contribution in [0.5, 0.6) is 0 Å². The lowest BCUT2D eigenvalue weighted by atomic mass is 10.1. The normalized spacial score (nSPS) is 19.9. The highest BCUT2D eigenvalue weighted by atomic mass is 32.2. The third kappa shape index (κ3) is 3.43. The molecule has 0 amide bonds. The maximum absolute atomic E-state index is 11.6. The van der Waals surface area contributed by atoms with Crippen LogP contribution in [0.15, 0.2) is 23.2 Å². The predicted molar refractivity (Wildman–Crippen MR) is 71.5 cm³/mol. The van der Waals surface area contributed by atoms with E-state index in [1.54, 1.807) is 18.3 Å². The minimum absolute atomic E-state index is 0.268. The van der Waals surface area contributed by atoms with E-state index in [4.69, 9.17) is 0 Å². The van der Waals surface area contributed by atoms with Crippen molar-refractivity contribution in [1.29, 1.82) is 0 Å². The Balaban J connectivity index is 1.96. The largest absolute Gasteiger partial charge is 0.369 e. The average Bonchev–Trinajstić information content (AvgIpc) is 2.81. The van der Waals surface area contributed by atoms with Gasteiger partial charge in [-0.2, -0.15) is 0 Å². The van der Waals surface area contributed by atoms with Crippen molar-refractivity contribution in [3.8, 4) is 0 Å². The van der Waals surface area contributed by atoms with Crippen LogP contribution >= 0.6 is 0 Å². The van der Waals surface area contributed by atoms with Crippen LogP contribution in [0.4, 0.5) is 5.82 Å². The van der Waals surface area contributed by atoms with Crippen LogP contribution < -0.4 is 10.6 Å². The molecule has 6 heteroatoms. The quantitative estimate of drug-likeness (QED) is 0.835. The highest BCUT2D eigenvalue weighted by Gasteiger charge is 2.16. The molecule has 1 aromatic heterocycles. The molecule has 1 aromatic rings. The molecule has 2 rings (SSSR count). The molecule has 2 heterocycles. The number of hydrogen-bond acceptors (Lipinski definition) is 5. The highest BCUT2D eigenvalue weighted by Crippen LogP contribution is 2.18. The molecule has 1 saturated heterocycles. The molecule has 1 aliphatic heterocycles. The van der Waals surface area contributed by atoms with Crippen LogP contribution in [0.1, 0.15) is 19.3 Å². The van der Waals surface area contributed by atoms with Gasteiger partial charge in [0.2, 0.25) is 0 Å². The number of nitrogens with one attached hydrogen (secondary N) is 2. The molecule has 1 atom stereocenters. The fourth-order valence-corrected chi connectivity index (χ4v) is 2.99. The first-order valence-corrected chi connectivity index (χ1v) is 8.09. The number of hydrogen-bond donors (Lipinski definition) is 2. The van der Waals surface area contributed by atoms with Crippen molar-refractivity contribution in [3.63, 3.8) is 0 Å². The Morgan fingerprint density at radius 1 is 1.56 bits per heavy atom. The summed E-state index contributed by atoms with van der Waals surface area (Å²) in [6.07, 6.45) is 6.21. The lowest BCUT2D eigenvalue weighted by Gasteiger charge is -2.12. The van der Waals surface area contributed by atoms with Crippen molar-refractivity contribution in [2.75, 3.05) is 24.7 Å². The minimum Gasteiger partial charge on any atom is -0.369 e. The smallest absolute Gasteiger partial charge is 0.179 e. The zero-order valence-electron chi connectivity index (χ0n) is 10.5. The van der Waals surface area contributed by atoms with Crippen LogP contribution in [0.2, 0.25) is 0 Å². The van der Waals surface area contributed by atoms with Gasteiger partial charge < -0.3 is 10.6 Å². The van der Waals surface area contributed by atoms with Crippen molar-refractivity contribution in [2.45, 2.75) is 30.2 Å². The van der Waals surface area contributed by atoms with E-state index in [0.29, 0.717) is 11.9 Å². The molecule has 1 unspecified atom stereocenters. The van der Waals surface area contributed by atoms with E-state index < -0.39 is 9.84 Å². The molecule has 0 spiro atoms. The molecule has 0 saturated carbocycles. The Hall–Kier alpha value is -1.14. The van der Waals surface area contributed by atoms with Crippen molar-refractivity contribution < 1.29 is 8.42 Å². The first-order valence-electron chi connectivity index (χ1n) is 6.20. The van der Waals surface area contributed by atoms with Crippen molar-refractivity contribution >= 4 is 15.7 Å². The second-order valence-corrected chi connectivity index (χ2v) is 6.62. The summed E-state index contributed by atoms with van der Waals surface area (Å²) in [5.74, 6) is 0.456. The molecule has 0 radical (unpaired) electrons. The van der Waals surface area contributed by atoms with Gasteiger partial charge in [0, 0.05) is 25.0 Å². The molecule has 2 N–H and O–H groups in total. The average molecular weight is 269 g/mol. The summed E-state index contributed by atoms with van der Waals surface area (Å²) in [7, 11) is -3.22. The Kier molecular flexibility index (Phi) is 4.19. The van der Waals surface area contributed by atoms with E-state index in [1.807, 2.05) is 0 Å². The lowest BCUT2D eigenvalue weighted by Crippen LogP contribution is -2.24. The number of anilines is 1. The van der Waals surface area contributed by atoms with Gasteiger partial charge in [-0.05, 0) is 37.9 Å². The number of rotatable bonds is 5. The van der Waals surface area contributed by atoms with Gasteiger partial charge in [0.05, 0.1) is 0 Å². The van der Waals surface area contributed by atoms with Gasteiger partial charge in [-0.1, -0.05) is 0 Å². The molecule has 100 valence electrons. The zero-order valence-corrected chi connectivity index (χ0v) is 11.3. The summed E-state index contributed by atoms with van der Waals surface area (Å²) in [5, 5.41) is 6.53. The second kappa shape index (κ2) is 5.67. The van der Waals surface area contributed by atoms with E-state index in [1.165, 1.54) is 19.1 Å². The number of nitrogens with zero attached hydrogens (tertiary/aromatic N) is 1. The molecule has 18 heavy (non-hydrogen) atoms. The SMILES string of the molecule is CS(=O)(=O)c1cccnc1NCCC1CCCN1. The fraction of sp³-hybridized carbons (Fsp3) is 0.583. The molecular weight excluding hydrogens is 250 g/mol. The zero-order chi connectivity index (χ0) is 13.0. The number of aromatic nitrogens is 1. The Labute approximate surface area is 108 Å². The van der Waals surface area contributed by atoms with Gasteiger partial charge in [0.25, 0.3) is 0 Å². The van der Waals surface area contributed by atoms with Gasteiger partial charge in [-0.3, -0.25) is 0 Å². The molecule has 0 aliphatic carbocycles. The van der Waals surface area contributed by atoms with Gasteiger partial charge in [0.15, 0.2) is 9.84 Å². The number of sulfone groups is 1. The topological polar surface area (TPSA) is 71.1 Å². The van der Waals surface area contributed by atoms with E-state index in [-0.39, 0.29) is 4.90 Å². The van der Waals surface area contributed by atoms with Gasteiger partial charge in [-0.15, -0.1) is 0 Å². The monoisotopic (exact) mass is 269 g/mol. The highest BCUT2D eigenvalue weighted by molar-refractivity contribution is 7.90. The molecule has 5 nitrogen and oxygen atoms in total. The standard InChI is InChI=1S/C12H19N3O2S/c1-18(16,17)11-5-3-8-14-12(11)15-9-6-10-4-2-7-13-10/h3,5,8,10,13H,2,4,6-7,9H2,1H3,(H,14,15). The number of pyridine rings is 1. The maximum atomic E-state index is 11.6. The van der Waals surface area contributed by atoms with Crippen LogP contribution in [-0.4, -0.2) is 38.8 Å². The van der Waals surface area contributed by atoms with E-state index >= 15 is 0 Å². The molecule has 1 aliphatic rings. The molecule has 0 aromatic carbocycles. The fourth-order valence-electron chi connectivity index (χ4n) is 2.19. The van der Waals surface area contributed by atoms with Crippen molar-refractivity contribution in [3.05, 3.63) is 18.3 Å². The van der Waals surface area contributed by atoms with Crippen LogP contribution in [-0.2, 0) is 9.84 Å². The summed E-state index contributed by atoms with van der Waals surface area (Å²) in [6, 6.07) is 3.77. The van der Waals surface area contributed by atoms with E-state index in [0.717, 1.165) is 19.5 Å². The van der Waals surface area contributed by atoms with Crippen molar-refractivity contribution in [2.24, 2.45) is 0 Å². The predicted octanol–water partition coefficient (Wildman–Crippen LogP) is 1.04. The first kappa shape index (κ1) is 13.3. The summed E-state index contributed by atoms with van der Waals surface area (Å²) in [5.41, 5.74) is 0. The van der Waals surface area contributed by atoms with Crippen molar-refractivity contribution in [1.82, 2.24) is 10.3 Å². The lowest BCUT2D eigenvalue weighted by molar-refractivity contribution is 0.573. The van der Waals surface area contributed by atoms with Crippen LogP contribution in [0.25, 0.3) is 0 Å². The van der Waals surface area contributed by atoms with Crippen LogP contribution in [0, 0.1) is 0 Å². The van der Waals surface area contributed by atoms with Crippen LogP contribution in [0.3, 0.4) is 0 Å². The van der Waals surface area contributed by atoms with Gasteiger partial charge in [-0.25, -0.2) is 13.4 Å². The molecular formula is C12H19N3O2S. The molecule has 1 fully saturated rings. The van der Waals surface area contributed by atoms with Gasteiger partial charge in [0.1, 0.15) is 10.7 Å². The third-order valence-corrected chi connectivity index (χ3v) is 4.25. The minimum atomic E-state index is -3.22. The Morgan fingerprint density at radius 2 is 2.39 bits per heavy atom. The summed E-state index contributed by atoms with van der Waals surface area (Å²) >= 11 is 0. The first-order chi connectivity index (χ1) is 8.57. The molecule has 0 bridgehead atoms. The van der Waals surface area contributed by atoms with E-state index in [9.17, 15) is 8.42 Å². The Bertz CT molecular complexity index is 496. The maximum Gasteiger partial charge on any atom is 0.179 e. The summed E-state index contributed by atoms with van der Waals surface area (Å²) in [4.78, 5) is 4.37. The van der Waals surface area contributed by atoms with Gasteiger partial charge >= 0.3 is 0 Å².